The van der Waals surface area contributed by atoms with E-state index in [4.69, 9.17) is 0 Å². The third-order valence-corrected chi connectivity index (χ3v) is 4.87. The molecule has 2 amide bonds. The van der Waals surface area contributed by atoms with Crippen LogP contribution in [0.15, 0.2) is 48.5 Å². The van der Waals surface area contributed by atoms with E-state index in [1.807, 2.05) is 31.2 Å². The molecule has 25 heavy (non-hydrogen) atoms. The number of thioether (sulfide) groups is 1. The summed E-state index contributed by atoms with van der Waals surface area (Å²) >= 11 is 0.935. The van der Waals surface area contributed by atoms with Gasteiger partial charge in [-0.25, -0.2) is 0 Å². The van der Waals surface area contributed by atoms with Gasteiger partial charge in [-0.05, 0) is 41.4 Å². The van der Waals surface area contributed by atoms with Crippen molar-refractivity contribution in [2.45, 2.75) is 18.8 Å². The topological polar surface area (TPSA) is 89.5 Å². The van der Waals surface area contributed by atoms with Gasteiger partial charge in [-0.2, -0.15) is 0 Å². The molecule has 1 fully saturated rings. The number of anilines is 1. The second kappa shape index (κ2) is 6.98. The van der Waals surface area contributed by atoms with E-state index in [0.717, 1.165) is 27.9 Å². The van der Waals surface area contributed by atoms with Gasteiger partial charge < -0.3 is 15.2 Å². The molecule has 0 aromatic heterocycles. The summed E-state index contributed by atoms with van der Waals surface area (Å²) in [5.41, 5.74) is 2.51. The van der Waals surface area contributed by atoms with E-state index in [2.05, 4.69) is 5.32 Å². The van der Waals surface area contributed by atoms with Crippen LogP contribution in [0, 0.1) is 6.92 Å². The molecular weight excluding hydrogens is 340 g/mol. The Kier molecular flexibility index (Phi) is 4.76. The second-order valence-electron chi connectivity index (χ2n) is 5.63. The number of benzene rings is 2. The van der Waals surface area contributed by atoms with E-state index < -0.39 is 11.3 Å². The fourth-order valence-electron chi connectivity index (χ4n) is 2.48. The largest absolute Gasteiger partial charge is 0.545 e. The number of amides is 2. The molecule has 3 rings (SSSR count). The van der Waals surface area contributed by atoms with Gasteiger partial charge in [0, 0.05) is 5.69 Å². The van der Waals surface area contributed by atoms with E-state index in [1.165, 1.54) is 12.1 Å². The van der Waals surface area contributed by atoms with Gasteiger partial charge in [-0.15, -0.1) is 0 Å². The van der Waals surface area contributed by atoms with Crippen LogP contribution >= 0.6 is 11.8 Å². The third-order valence-electron chi connectivity index (χ3n) is 3.89. The lowest BCUT2D eigenvalue weighted by Crippen LogP contribution is -2.34. The summed E-state index contributed by atoms with van der Waals surface area (Å²) in [7, 11) is 0. The van der Waals surface area contributed by atoms with Gasteiger partial charge >= 0.3 is 0 Å². The van der Waals surface area contributed by atoms with Crippen LogP contribution in [-0.2, 0) is 11.3 Å². The van der Waals surface area contributed by atoms with Crippen LogP contribution in [0.3, 0.4) is 0 Å². The zero-order valence-corrected chi connectivity index (χ0v) is 14.2. The Hall–Kier alpha value is -2.80. The molecule has 6 nitrogen and oxygen atoms in total. The maximum absolute atomic E-state index is 12.5. The minimum absolute atomic E-state index is 0.0521. The number of aromatic carboxylic acids is 1. The number of hydrogen-bond acceptors (Lipinski definition) is 6. The Bertz CT molecular complexity index is 835. The lowest BCUT2D eigenvalue weighted by atomic mass is 10.1. The number of hydrogen-bond donors (Lipinski definition) is 1. The number of carbonyl (C=O) groups excluding carboxylic acids is 3. The number of imide groups is 1. The summed E-state index contributed by atoms with van der Waals surface area (Å²) in [4.78, 5) is 36.6. The maximum atomic E-state index is 12.5. The Morgan fingerprint density at radius 3 is 2.48 bits per heavy atom. The number of nitrogens with zero attached hydrogens (tertiary/aromatic N) is 1. The van der Waals surface area contributed by atoms with Crippen LogP contribution < -0.4 is 10.4 Å². The first-order valence-electron chi connectivity index (χ1n) is 7.60. The molecule has 2 aromatic rings. The fraction of sp³-hybridized carbons (Fsp3) is 0.167. The van der Waals surface area contributed by atoms with Crippen molar-refractivity contribution in [3.8, 4) is 0 Å². The first kappa shape index (κ1) is 17.0. The van der Waals surface area contributed by atoms with E-state index >= 15 is 0 Å². The van der Waals surface area contributed by atoms with Crippen molar-refractivity contribution in [3.63, 3.8) is 0 Å². The summed E-state index contributed by atoms with van der Waals surface area (Å²) in [6.07, 6.45) is 0. The first-order chi connectivity index (χ1) is 12.0. The van der Waals surface area contributed by atoms with Gasteiger partial charge in [-0.1, -0.05) is 42.5 Å². The number of carboxylic acids is 1. The minimum atomic E-state index is -1.27. The number of aryl methyl sites for hydroxylation is 1. The number of carbonyl (C=O) groups is 3. The number of carboxylic acid groups (broad SMARTS) is 1. The standard InChI is InChI=1S/C18H16N2O4S/c1-11-4-2-3-5-14(11)19-15-16(21)20(18(24)25-15)10-12-6-8-13(9-7-12)17(22)23/h2-9,15,19H,10H2,1H3,(H,22,23)/p-1/t15-/m0/s1. The molecule has 1 N–H and O–H groups in total. The van der Waals surface area contributed by atoms with E-state index in [-0.39, 0.29) is 23.3 Å². The molecule has 128 valence electrons. The second-order valence-corrected chi connectivity index (χ2v) is 6.69. The number of para-hydroxylation sites is 1. The normalized spacial score (nSPS) is 17.0. The molecule has 1 saturated heterocycles. The van der Waals surface area contributed by atoms with Crippen LogP contribution in [0.25, 0.3) is 0 Å². The molecule has 1 atom stereocenters. The van der Waals surface area contributed by atoms with Gasteiger partial charge in [-0.3, -0.25) is 14.5 Å². The van der Waals surface area contributed by atoms with Gasteiger partial charge in [0.15, 0.2) is 5.37 Å². The van der Waals surface area contributed by atoms with Gasteiger partial charge in [0.05, 0.1) is 12.5 Å². The Morgan fingerprint density at radius 1 is 1.16 bits per heavy atom. The Morgan fingerprint density at radius 2 is 1.84 bits per heavy atom. The summed E-state index contributed by atoms with van der Waals surface area (Å²) < 4.78 is 0. The molecule has 1 aliphatic heterocycles. The quantitative estimate of drug-likeness (QED) is 0.882. The average Bonchev–Trinajstić information content (AvgIpc) is 2.85. The van der Waals surface area contributed by atoms with Crippen LogP contribution in [0.1, 0.15) is 21.5 Å². The lowest BCUT2D eigenvalue weighted by Gasteiger charge is -2.16. The molecule has 0 bridgehead atoms. The van der Waals surface area contributed by atoms with Crippen molar-refractivity contribution < 1.29 is 19.5 Å². The van der Waals surface area contributed by atoms with Crippen LogP contribution in [-0.4, -0.2) is 27.4 Å². The molecule has 0 spiro atoms. The Balaban J connectivity index is 1.71. The smallest absolute Gasteiger partial charge is 0.291 e. The Labute approximate surface area is 148 Å². The van der Waals surface area contributed by atoms with E-state index in [1.54, 1.807) is 12.1 Å². The highest BCUT2D eigenvalue weighted by Gasteiger charge is 2.39. The molecule has 0 aliphatic carbocycles. The van der Waals surface area contributed by atoms with Crippen molar-refractivity contribution in [1.82, 2.24) is 4.90 Å². The van der Waals surface area contributed by atoms with Gasteiger partial charge in [0.2, 0.25) is 0 Å². The highest BCUT2D eigenvalue weighted by molar-refractivity contribution is 8.15. The fourth-order valence-corrected chi connectivity index (χ4v) is 3.38. The SMILES string of the molecule is Cc1ccccc1N[C@H]1SC(=O)N(Cc2ccc(C(=O)[O-])cc2)C1=O. The zero-order valence-electron chi connectivity index (χ0n) is 13.4. The average molecular weight is 355 g/mol. The molecule has 1 aliphatic rings. The zero-order chi connectivity index (χ0) is 18.0. The summed E-state index contributed by atoms with van der Waals surface area (Å²) in [6.45, 7) is 2.02. The van der Waals surface area contributed by atoms with Crippen molar-refractivity contribution >= 4 is 34.6 Å². The van der Waals surface area contributed by atoms with Crippen molar-refractivity contribution in [1.29, 1.82) is 0 Å². The van der Waals surface area contributed by atoms with Crippen molar-refractivity contribution in [2.24, 2.45) is 0 Å². The molecule has 0 saturated carbocycles. The van der Waals surface area contributed by atoms with E-state index in [0.29, 0.717) is 5.56 Å². The number of nitrogens with one attached hydrogen (secondary N) is 1. The van der Waals surface area contributed by atoms with Crippen LogP contribution in [0.4, 0.5) is 10.5 Å². The predicted molar refractivity (Wildman–Crippen MR) is 92.9 cm³/mol. The molecular formula is C18H15N2O4S-. The minimum Gasteiger partial charge on any atom is -0.545 e. The van der Waals surface area contributed by atoms with Gasteiger partial charge in [0.25, 0.3) is 11.1 Å². The molecule has 2 aromatic carbocycles. The van der Waals surface area contributed by atoms with Gasteiger partial charge in [0.1, 0.15) is 0 Å². The first-order valence-corrected chi connectivity index (χ1v) is 8.48. The van der Waals surface area contributed by atoms with Crippen molar-refractivity contribution in [2.75, 3.05) is 5.32 Å². The highest BCUT2D eigenvalue weighted by atomic mass is 32.2. The molecule has 0 radical (unpaired) electrons. The monoisotopic (exact) mass is 355 g/mol. The molecule has 0 unspecified atom stereocenters. The van der Waals surface area contributed by atoms with E-state index in [9.17, 15) is 19.5 Å². The van der Waals surface area contributed by atoms with Crippen molar-refractivity contribution in [3.05, 3.63) is 65.2 Å². The molecule has 1 heterocycles. The predicted octanol–water partition coefficient (Wildman–Crippen LogP) is 1.99. The summed E-state index contributed by atoms with van der Waals surface area (Å²) in [5, 5.41) is 12.9. The summed E-state index contributed by atoms with van der Waals surface area (Å²) in [5.74, 6) is -1.58. The highest BCUT2D eigenvalue weighted by Crippen LogP contribution is 2.30. The lowest BCUT2D eigenvalue weighted by molar-refractivity contribution is -0.255. The third kappa shape index (κ3) is 3.66. The maximum Gasteiger partial charge on any atom is 0.291 e. The van der Waals surface area contributed by atoms with Crippen LogP contribution in [0.2, 0.25) is 0 Å². The van der Waals surface area contributed by atoms with Crippen LogP contribution in [0.5, 0.6) is 0 Å². The summed E-state index contributed by atoms with van der Waals surface area (Å²) in [6, 6.07) is 13.5. The molecule has 7 heteroatoms. The number of rotatable bonds is 5.